The predicted molar refractivity (Wildman–Crippen MR) is 89.5 cm³/mol. The van der Waals surface area contributed by atoms with Crippen molar-refractivity contribution in [2.75, 3.05) is 13.1 Å². The highest BCUT2D eigenvalue weighted by atomic mass is 32.2. The number of hydrogen-bond acceptors (Lipinski definition) is 4. The molecule has 0 heterocycles. The molecule has 0 atom stereocenters. The molecule has 0 aromatic heterocycles. The lowest BCUT2D eigenvalue weighted by Gasteiger charge is -2.15. The summed E-state index contributed by atoms with van der Waals surface area (Å²) < 4.78 is 22.4. The van der Waals surface area contributed by atoms with Gasteiger partial charge in [-0.2, -0.15) is 0 Å². The van der Waals surface area contributed by atoms with Crippen LogP contribution in [-0.4, -0.2) is 33.3 Å². The third-order valence-corrected chi connectivity index (χ3v) is 5.04. The maximum atomic E-state index is 12.2. The van der Waals surface area contributed by atoms with Gasteiger partial charge in [0.15, 0.2) is 0 Å². The van der Waals surface area contributed by atoms with Gasteiger partial charge in [0.05, 0.1) is 4.90 Å². The van der Waals surface area contributed by atoms with Crippen LogP contribution in [0.2, 0.25) is 0 Å². The van der Waals surface area contributed by atoms with Gasteiger partial charge in [-0.3, -0.25) is 9.59 Å². The van der Waals surface area contributed by atoms with Gasteiger partial charge in [0.2, 0.25) is 21.8 Å². The first-order chi connectivity index (χ1) is 11.3. The molecule has 1 aliphatic rings. The lowest BCUT2D eigenvalue weighted by Crippen LogP contribution is -2.43. The zero-order chi connectivity index (χ0) is 17.8. The smallest absolute Gasteiger partial charge is 0.238 e. The largest absolute Gasteiger partial charge is 0.355 e. The van der Waals surface area contributed by atoms with Crippen molar-refractivity contribution in [3.63, 3.8) is 0 Å². The fourth-order valence-corrected chi connectivity index (χ4v) is 2.94. The average molecular weight is 353 g/mol. The van der Waals surface area contributed by atoms with Crippen LogP contribution in [0.1, 0.15) is 31.7 Å². The van der Waals surface area contributed by atoms with Crippen molar-refractivity contribution in [2.24, 2.45) is 10.6 Å². The second-order valence-electron chi connectivity index (χ2n) is 6.03. The van der Waals surface area contributed by atoms with E-state index < -0.39 is 15.4 Å². The molecule has 0 radical (unpaired) electrons. The van der Waals surface area contributed by atoms with E-state index in [0.29, 0.717) is 32.4 Å². The summed E-state index contributed by atoms with van der Waals surface area (Å²) in [4.78, 5) is 24.3. The Hall–Kier alpha value is -1.93. The molecule has 24 heavy (non-hydrogen) atoms. The average Bonchev–Trinajstić information content (AvgIpc) is 3.34. The summed E-state index contributed by atoms with van der Waals surface area (Å²) in [6, 6.07) is 6.19. The highest BCUT2D eigenvalue weighted by molar-refractivity contribution is 7.89. The second-order valence-corrected chi connectivity index (χ2v) is 7.59. The van der Waals surface area contributed by atoms with Crippen molar-refractivity contribution in [3.8, 4) is 0 Å². The minimum atomic E-state index is -3.70. The summed E-state index contributed by atoms with van der Waals surface area (Å²) >= 11 is 0. The van der Waals surface area contributed by atoms with Crippen LogP contribution in [0.4, 0.5) is 0 Å². The Labute approximate surface area is 142 Å². The van der Waals surface area contributed by atoms with Crippen molar-refractivity contribution in [2.45, 2.75) is 37.5 Å². The van der Waals surface area contributed by atoms with E-state index in [-0.39, 0.29) is 16.7 Å². The Morgan fingerprint density at radius 1 is 1.08 bits per heavy atom. The first-order valence-corrected chi connectivity index (χ1v) is 9.52. The number of carbonyl (C=O) groups is 2. The Morgan fingerprint density at radius 3 is 2.08 bits per heavy atom. The van der Waals surface area contributed by atoms with Gasteiger partial charge in [-0.1, -0.05) is 19.1 Å². The molecule has 2 rings (SSSR count). The molecule has 0 bridgehead atoms. The third kappa shape index (κ3) is 4.33. The van der Waals surface area contributed by atoms with Crippen molar-refractivity contribution in [1.29, 1.82) is 0 Å². The number of sulfonamides is 1. The van der Waals surface area contributed by atoms with Crippen LogP contribution in [0.5, 0.6) is 0 Å². The molecule has 1 aliphatic carbocycles. The number of carbonyl (C=O) groups excluding carboxylic acids is 2. The van der Waals surface area contributed by atoms with Crippen molar-refractivity contribution in [3.05, 3.63) is 29.8 Å². The van der Waals surface area contributed by atoms with E-state index in [9.17, 15) is 18.0 Å². The Kier molecular flexibility index (Phi) is 5.61. The zero-order valence-corrected chi connectivity index (χ0v) is 14.5. The van der Waals surface area contributed by atoms with Crippen LogP contribution in [0.15, 0.2) is 29.2 Å². The van der Waals surface area contributed by atoms with Crippen LogP contribution < -0.4 is 15.8 Å². The zero-order valence-electron chi connectivity index (χ0n) is 13.7. The van der Waals surface area contributed by atoms with Gasteiger partial charge in [0.25, 0.3) is 0 Å². The number of primary sulfonamides is 1. The van der Waals surface area contributed by atoms with E-state index in [2.05, 4.69) is 10.6 Å². The van der Waals surface area contributed by atoms with E-state index in [0.717, 1.165) is 12.0 Å². The van der Waals surface area contributed by atoms with E-state index in [1.54, 1.807) is 12.1 Å². The number of nitrogens with one attached hydrogen (secondary N) is 2. The van der Waals surface area contributed by atoms with Crippen LogP contribution in [0.3, 0.4) is 0 Å². The summed E-state index contributed by atoms with van der Waals surface area (Å²) in [5.41, 5.74) is -0.0184. The first kappa shape index (κ1) is 18.4. The molecule has 132 valence electrons. The molecule has 0 aliphatic heterocycles. The maximum absolute atomic E-state index is 12.2. The van der Waals surface area contributed by atoms with Crippen molar-refractivity contribution in [1.82, 2.24) is 10.6 Å². The standard InChI is InChI=1S/C16H23N3O4S/c1-2-10-18-14(20)16(8-9-16)15(21)19-11-7-12-3-5-13(6-4-12)24(17,22)23/h3-6H,2,7-11H2,1H3,(H,18,20)(H,19,21)(H2,17,22,23). The molecule has 1 fully saturated rings. The molecule has 0 unspecified atom stereocenters. The molecule has 2 amide bonds. The lowest BCUT2D eigenvalue weighted by atomic mass is 10.0. The molecule has 1 saturated carbocycles. The summed E-state index contributed by atoms with van der Waals surface area (Å²) in [5, 5.41) is 10.6. The Morgan fingerprint density at radius 2 is 1.62 bits per heavy atom. The molecule has 0 saturated heterocycles. The van der Waals surface area contributed by atoms with Crippen molar-refractivity contribution < 1.29 is 18.0 Å². The monoisotopic (exact) mass is 353 g/mol. The minimum absolute atomic E-state index is 0.0554. The van der Waals surface area contributed by atoms with Gasteiger partial charge in [0, 0.05) is 13.1 Å². The SMILES string of the molecule is CCCNC(=O)C1(C(=O)NCCc2ccc(S(N)(=O)=O)cc2)CC1. The lowest BCUT2D eigenvalue weighted by molar-refractivity contribution is -0.137. The Balaban J connectivity index is 1.84. The molecular weight excluding hydrogens is 330 g/mol. The molecule has 0 spiro atoms. The second kappa shape index (κ2) is 7.31. The van der Waals surface area contributed by atoms with Gasteiger partial charge in [-0.25, -0.2) is 13.6 Å². The highest BCUT2D eigenvalue weighted by Gasteiger charge is 2.56. The fourth-order valence-electron chi connectivity index (χ4n) is 2.43. The number of nitrogens with two attached hydrogens (primary N) is 1. The molecular formula is C16H23N3O4S. The van der Waals surface area contributed by atoms with Crippen LogP contribution in [-0.2, 0) is 26.0 Å². The summed E-state index contributed by atoms with van der Waals surface area (Å²) in [6.07, 6.45) is 2.54. The van der Waals surface area contributed by atoms with Gasteiger partial charge >= 0.3 is 0 Å². The van der Waals surface area contributed by atoms with E-state index in [1.807, 2.05) is 6.92 Å². The van der Waals surface area contributed by atoms with E-state index >= 15 is 0 Å². The summed E-state index contributed by atoms with van der Waals surface area (Å²) in [6.45, 7) is 2.92. The van der Waals surface area contributed by atoms with Gasteiger partial charge < -0.3 is 10.6 Å². The van der Waals surface area contributed by atoms with Crippen LogP contribution in [0, 0.1) is 5.41 Å². The van der Waals surface area contributed by atoms with Gasteiger partial charge in [-0.05, 0) is 43.4 Å². The van der Waals surface area contributed by atoms with Crippen LogP contribution in [0.25, 0.3) is 0 Å². The predicted octanol–water partition coefficient (Wildman–Crippen LogP) is 0.299. The highest BCUT2D eigenvalue weighted by Crippen LogP contribution is 2.46. The number of benzene rings is 1. The molecule has 8 heteroatoms. The van der Waals surface area contributed by atoms with Crippen molar-refractivity contribution >= 4 is 21.8 Å². The quantitative estimate of drug-likeness (QED) is 0.582. The van der Waals surface area contributed by atoms with E-state index in [1.165, 1.54) is 12.1 Å². The first-order valence-electron chi connectivity index (χ1n) is 7.98. The number of amides is 2. The Bertz CT molecular complexity index is 709. The topological polar surface area (TPSA) is 118 Å². The van der Waals surface area contributed by atoms with Gasteiger partial charge in [0.1, 0.15) is 5.41 Å². The molecule has 4 N–H and O–H groups in total. The van der Waals surface area contributed by atoms with Crippen LogP contribution >= 0.6 is 0 Å². The molecule has 1 aromatic rings. The summed E-state index contributed by atoms with van der Waals surface area (Å²) in [5.74, 6) is -0.434. The normalized spacial score (nSPS) is 15.6. The number of rotatable bonds is 8. The molecule has 1 aromatic carbocycles. The van der Waals surface area contributed by atoms with Gasteiger partial charge in [-0.15, -0.1) is 0 Å². The maximum Gasteiger partial charge on any atom is 0.238 e. The third-order valence-electron chi connectivity index (χ3n) is 4.11. The fraction of sp³-hybridized carbons (Fsp3) is 0.500. The van der Waals surface area contributed by atoms with E-state index in [4.69, 9.17) is 5.14 Å². The minimum Gasteiger partial charge on any atom is -0.355 e. The number of hydrogen-bond donors (Lipinski definition) is 3. The molecule has 7 nitrogen and oxygen atoms in total. The summed E-state index contributed by atoms with van der Waals surface area (Å²) in [7, 11) is -3.70.